The minimum Gasteiger partial charge on any atom is -0.303 e. The summed E-state index contributed by atoms with van der Waals surface area (Å²) in [7, 11) is 2.08. The molecule has 0 saturated carbocycles. The van der Waals surface area contributed by atoms with Crippen molar-refractivity contribution in [2.24, 2.45) is 0 Å². The van der Waals surface area contributed by atoms with Crippen LogP contribution in [0, 0.1) is 0 Å². The van der Waals surface area contributed by atoms with E-state index >= 15 is 0 Å². The molecule has 0 aromatic heterocycles. The molecule has 0 aromatic rings. The highest BCUT2D eigenvalue weighted by Gasteiger charge is 2.21. The lowest BCUT2D eigenvalue weighted by molar-refractivity contribution is -0.108. The highest BCUT2D eigenvalue weighted by Crippen LogP contribution is 2.18. The fraction of sp³-hybridized carbons (Fsp3) is 0.917. The van der Waals surface area contributed by atoms with E-state index in [0.717, 1.165) is 25.7 Å². The van der Waals surface area contributed by atoms with Crippen LogP contribution in [-0.4, -0.2) is 61.8 Å². The first-order valence-electron chi connectivity index (χ1n) is 6.28. The van der Waals surface area contributed by atoms with Gasteiger partial charge in [-0.05, 0) is 39.4 Å². The van der Waals surface area contributed by atoms with Crippen molar-refractivity contribution < 1.29 is 13.6 Å². The summed E-state index contributed by atoms with van der Waals surface area (Å²) in [5, 5.41) is 0. The number of hydrogen-bond acceptors (Lipinski definition) is 3. The summed E-state index contributed by atoms with van der Waals surface area (Å²) in [6.07, 6.45) is 2.09. The van der Waals surface area contributed by atoms with Gasteiger partial charge in [0, 0.05) is 19.0 Å². The fourth-order valence-corrected chi connectivity index (χ4v) is 2.40. The molecule has 1 heterocycles. The molecule has 100 valence electrons. The topological polar surface area (TPSA) is 23.6 Å². The minimum atomic E-state index is -2.32. The van der Waals surface area contributed by atoms with Crippen LogP contribution >= 0.6 is 0 Å². The van der Waals surface area contributed by atoms with E-state index in [9.17, 15) is 13.6 Å². The first-order chi connectivity index (χ1) is 8.13. The number of nitrogens with zero attached hydrogens (tertiary/aromatic N) is 2. The van der Waals surface area contributed by atoms with E-state index in [-0.39, 0.29) is 6.54 Å². The van der Waals surface area contributed by atoms with Gasteiger partial charge in [-0.3, -0.25) is 4.90 Å². The van der Waals surface area contributed by atoms with Gasteiger partial charge < -0.3 is 9.69 Å². The van der Waals surface area contributed by atoms with E-state index in [1.165, 1.54) is 6.42 Å². The van der Waals surface area contributed by atoms with Crippen molar-refractivity contribution in [1.82, 2.24) is 9.80 Å². The zero-order valence-corrected chi connectivity index (χ0v) is 10.4. The van der Waals surface area contributed by atoms with Gasteiger partial charge in [0.25, 0.3) is 6.43 Å². The van der Waals surface area contributed by atoms with Gasteiger partial charge in [-0.25, -0.2) is 8.78 Å². The van der Waals surface area contributed by atoms with Crippen molar-refractivity contribution in [3.63, 3.8) is 0 Å². The van der Waals surface area contributed by atoms with Crippen LogP contribution in [-0.2, 0) is 4.79 Å². The molecular formula is C12H22F2N2O. The van der Waals surface area contributed by atoms with Crippen molar-refractivity contribution in [2.45, 2.75) is 38.2 Å². The third kappa shape index (κ3) is 5.55. The fourth-order valence-electron chi connectivity index (χ4n) is 2.40. The van der Waals surface area contributed by atoms with Crippen molar-refractivity contribution >= 4 is 6.29 Å². The van der Waals surface area contributed by atoms with E-state index in [1.807, 2.05) is 0 Å². The number of hydrogen-bond donors (Lipinski definition) is 0. The quantitative estimate of drug-likeness (QED) is 0.610. The molecule has 5 heteroatoms. The molecule has 0 amide bonds. The van der Waals surface area contributed by atoms with Crippen LogP contribution < -0.4 is 0 Å². The third-order valence-corrected chi connectivity index (χ3v) is 3.41. The molecule has 1 atom stereocenters. The van der Waals surface area contributed by atoms with Crippen molar-refractivity contribution in [3.8, 4) is 0 Å². The van der Waals surface area contributed by atoms with Crippen LogP contribution in [0.25, 0.3) is 0 Å². The average Bonchev–Trinajstić information content (AvgIpc) is 2.67. The van der Waals surface area contributed by atoms with Crippen molar-refractivity contribution in [2.75, 3.05) is 33.2 Å². The van der Waals surface area contributed by atoms with E-state index in [4.69, 9.17) is 0 Å². The number of alkyl halides is 2. The van der Waals surface area contributed by atoms with Gasteiger partial charge in [0.15, 0.2) is 0 Å². The second kappa shape index (κ2) is 7.71. The second-order valence-corrected chi connectivity index (χ2v) is 4.71. The second-order valence-electron chi connectivity index (χ2n) is 4.71. The van der Waals surface area contributed by atoms with Gasteiger partial charge in [0.05, 0.1) is 6.54 Å². The number of aldehydes is 1. The Hall–Kier alpha value is -0.550. The molecule has 0 unspecified atom stereocenters. The predicted octanol–water partition coefficient (Wildman–Crippen LogP) is 1.63. The molecule has 17 heavy (non-hydrogen) atoms. The van der Waals surface area contributed by atoms with E-state index < -0.39 is 6.43 Å². The number of likely N-dealkylation sites (tertiary alicyclic amines) is 1. The van der Waals surface area contributed by atoms with Crippen LogP contribution in [0.4, 0.5) is 8.78 Å². The normalized spacial score (nSPS) is 21.6. The summed E-state index contributed by atoms with van der Waals surface area (Å²) in [6.45, 7) is 2.00. The van der Waals surface area contributed by atoms with Gasteiger partial charge >= 0.3 is 0 Å². The maximum atomic E-state index is 12.3. The molecule has 1 aliphatic heterocycles. The minimum absolute atomic E-state index is 0.218. The summed E-state index contributed by atoms with van der Waals surface area (Å²) < 4.78 is 24.7. The molecule has 0 aliphatic carbocycles. The highest BCUT2D eigenvalue weighted by atomic mass is 19.3. The number of carbonyl (C=O) groups excluding carboxylic acids is 1. The van der Waals surface area contributed by atoms with Crippen LogP contribution in [0.3, 0.4) is 0 Å². The standard InChI is InChI=1S/C12H22F2N2O/c1-15-6-2-4-11(15)5-8-16(7-3-9-17)10-12(13)14/h9,11-12H,2-8,10H2,1H3/t11-/m1/s1. The number of carbonyl (C=O) groups is 1. The largest absolute Gasteiger partial charge is 0.303 e. The van der Waals surface area contributed by atoms with Gasteiger partial charge in [0.2, 0.25) is 0 Å². The molecule has 3 nitrogen and oxygen atoms in total. The molecule has 0 bridgehead atoms. The van der Waals surface area contributed by atoms with Crippen molar-refractivity contribution in [3.05, 3.63) is 0 Å². The Labute approximate surface area is 102 Å². The van der Waals surface area contributed by atoms with Crippen LogP contribution in [0.5, 0.6) is 0 Å². The molecule has 0 spiro atoms. The zero-order chi connectivity index (χ0) is 12.7. The molecule has 1 aliphatic rings. The molecule has 0 aromatic carbocycles. The Balaban J connectivity index is 2.28. The Bertz CT molecular complexity index is 227. The smallest absolute Gasteiger partial charge is 0.251 e. The van der Waals surface area contributed by atoms with Gasteiger partial charge in [-0.2, -0.15) is 0 Å². The lowest BCUT2D eigenvalue weighted by Crippen LogP contribution is -2.35. The van der Waals surface area contributed by atoms with Crippen LogP contribution in [0.1, 0.15) is 25.7 Å². The summed E-state index contributed by atoms with van der Waals surface area (Å²) in [4.78, 5) is 14.3. The van der Waals surface area contributed by atoms with Crippen molar-refractivity contribution in [1.29, 1.82) is 0 Å². The maximum absolute atomic E-state index is 12.3. The maximum Gasteiger partial charge on any atom is 0.251 e. The summed E-state index contributed by atoms with van der Waals surface area (Å²) >= 11 is 0. The first-order valence-corrected chi connectivity index (χ1v) is 6.28. The van der Waals surface area contributed by atoms with Gasteiger partial charge in [0.1, 0.15) is 6.29 Å². The molecule has 0 radical (unpaired) electrons. The van der Waals surface area contributed by atoms with E-state index in [0.29, 0.717) is 25.6 Å². The number of halogens is 2. The Morgan fingerprint density at radius 2 is 2.24 bits per heavy atom. The number of rotatable bonds is 8. The average molecular weight is 248 g/mol. The molecule has 1 rings (SSSR count). The lowest BCUT2D eigenvalue weighted by Gasteiger charge is -2.25. The molecule has 1 fully saturated rings. The SMILES string of the molecule is CN1CCC[C@@H]1CCN(CCC=O)CC(F)F. The van der Waals surface area contributed by atoms with Gasteiger partial charge in [-0.1, -0.05) is 0 Å². The summed E-state index contributed by atoms with van der Waals surface area (Å²) in [5.74, 6) is 0. The van der Waals surface area contributed by atoms with Crippen LogP contribution in [0.15, 0.2) is 0 Å². The van der Waals surface area contributed by atoms with Gasteiger partial charge in [-0.15, -0.1) is 0 Å². The van der Waals surface area contributed by atoms with E-state index in [2.05, 4.69) is 11.9 Å². The molecule has 0 N–H and O–H groups in total. The lowest BCUT2D eigenvalue weighted by atomic mass is 10.1. The Morgan fingerprint density at radius 3 is 2.76 bits per heavy atom. The first kappa shape index (κ1) is 14.5. The Morgan fingerprint density at radius 1 is 1.47 bits per heavy atom. The zero-order valence-electron chi connectivity index (χ0n) is 10.4. The Kier molecular flexibility index (Phi) is 6.58. The predicted molar refractivity (Wildman–Crippen MR) is 63.4 cm³/mol. The summed E-state index contributed by atoms with van der Waals surface area (Å²) in [6, 6.07) is 0.520. The van der Waals surface area contributed by atoms with Crippen LogP contribution in [0.2, 0.25) is 0 Å². The monoisotopic (exact) mass is 248 g/mol. The third-order valence-electron chi connectivity index (χ3n) is 3.41. The molecule has 1 saturated heterocycles. The highest BCUT2D eigenvalue weighted by molar-refractivity contribution is 5.49. The molecular weight excluding hydrogens is 226 g/mol. The summed E-state index contributed by atoms with van der Waals surface area (Å²) in [5.41, 5.74) is 0. The van der Waals surface area contributed by atoms with E-state index in [1.54, 1.807) is 4.90 Å².